The van der Waals surface area contributed by atoms with Gasteiger partial charge in [-0.2, -0.15) is 0 Å². The van der Waals surface area contributed by atoms with E-state index in [0.29, 0.717) is 18.6 Å². The zero-order valence-corrected chi connectivity index (χ0v) is 16.8. The summed E-state index contributed by atoms with van der Waals surface area (Å²) in [5.74, 6) is 0. The molecular weight excluding hydrogens is 348 g/mol. The van der Waals surface area contributed by atoms with Crippen LogP contribution in [0.25, 0.3) is 0 Å². The fourth-order valence-corrected chi connectivity index (χ4v) is 3.51. The zero-order chi connectivity index (χ0) is 19.8. The van der Waals surface area contributed by atoms with Gasteiger partial charge in [0.2, 0.25) is 0 Å². The van der Waals surface area contributed by atoms with Crippen LogP contribution in [0.1, 0.15) is 77.0 Å². The lowest BCUT2D eigenvalue weighted by Crippen LogP contribution is -2.39. The molecule has 0 aromatic carbocycles. The molecule has 1 aliphatic rings. The number of H-pyrrole nitrogens is 1. The molecule has 1 aromatic heterocycles. The van der Waals surface area contributed by atoms with E-state index in [1.807, 2.05) is 6.92 Å². The Morgan fingerprint density at radius 2 is 1.81 bits per heavy atom. The minimum Gasteiger partial charge on any atom is -0.388 e. The molecule has 2 N–H and O–H groups in total. The van der Waals surface area contributed by atoms with E-state index >= 15 is 0 Å². The molecule has 0 aliphatic carbocycles. The van der Waals surface area contributed by atoms with E-state index in [2.05, 4.69) is 11.9 Å². The van der Waals surface area contributed by atoms with Crippen LogP contribution in [0.3, 0.4) is 0 Å². The van der Waals surface area contributed by atoms with Crippen molar-refractivity contribution in [1.82, 2.24) is 9.55 Å². The highest BCUT2D eigenvalue weighted by Gasteiger charge is 2.45. The third kappa shape index (κ3) is 5.77. The van der Waals surface area contributed by atoms with Crippen LogP contribution in [-0.2, 0) is 9.47 Å². The molecule has 0 saturated carbocycles. The molecule has 0 amide bonds. The average Bonchev–Trinajstić information content (AvgIpc) is 2.96. The van der Waals surface area contributed by atoms with Crippen LogP contribution in [0, 0.1) is 6.92 Å². The molecule has 1 unspecified atom stereocenters. The molecule has 1 fully saturated rings. The highest BCUT2D eigenvalue weighted by Crippen LogP contribution is 2.32. The summed E-state index contributed by atoms with van der Waals surface area (Å²) in [5, 5.41) is 10.6. The van der Waals surface area contributed by atoms with Gasteiger partial charge in [0, 0.05) is 18.4 Å². The van der Waals surface area contributed by atoms with Crippen molar-refractivity contribution in [1.29, 1.82) is 0 Å². The second-order valence-corrected chi connectivity index (χ2v) is 7.40. The maximum Gasteiger partial charge on any atom is 0.330 e. The van der Waals surface area contributed by atoms with Crippen molar-refractivity contribution < 1.29 is 14.6 Å². The number of nitrogens with one attached hydrogen (secondary N) is 1. The van der Waals surface area contributed by atoms with Gasteiger partial charge in [-0.3, -0.25) is 14.3 Å². The van der Waals surface area contributed by atoms with Crippen molar-refractivity contribution in [2.75, 3.05) is 6.61 Å². The smallest absolute Gasteiger partial charge is 0.330 e. The molecule has 27 heavy (non-hydrogen) atoms. The number of nitrogens with zero attached hydrogens (tertiary/aromatic N) is 1. The summed E-state index contributed by atoms with van der Waals surface area (Å²) in [5.41, 5.74) is -0.551. The zero-order valence-electron chi connectivity index (χ0n) is 16.8. The van der Waals surface area contributed by atoms with E-state index in [0.717, 1.165) is 12.8 Å². The Morgan fingerprint density at radius 3 is 2.48 bits per heavy atom. The van der Waals surface area contributed by atoms with Crippen LogP contribution in [0.2, 0.25) is 0 Å². The lowest BCUT2D eigenvalue weighted by Gasteiger charge is -2.22. The minimum absolute atomic E-state index is 0.395. The van der Waals surface area contributed by atoms with Gasteiger partial charge in [0.25, 0.3) is 5.56 Å². The van der Waals surface area contributed by atoms with Gasteiger partial charge in [0.15, 0.2) is 6.23 Å². The predicted octanol–water partition coefficient (Wildman–Crippen LogP) is 2.65. The van der Waals surface area contributed by atoms with Crippen LogP contribution < -0.4 is 11.2 Å². The number of aliphatic hydroxyl groups excluding tert-OH is 1. The van der Waals surface area contributed by atoms with E-state index < -0.39 is 35.8 Å². The highest BCUT2D eigenvalue weighted by molar-refractivity contribution is 5.03. The SMILES string of the molecule is CCCCCCCCCO[C@H]1C(O)[C@@H](CC)O[C@H]1n1cc(C)c(=O)[nH]c1=O. The number of aromatic nitrogens is 2. The second kappa shape index (κ2) is 10.8. The predicted molar refractivity (Wildman–Crippen MR) is 104 cm³/mol. The summed E-state index contributed by atoms with van der Waals surface area (Å²) >= 11 is 0. The number of ether oxygens (including phenoxy) is 2. The fraction of sp³-hybridized carbons (Fsp3) is 0.800. The van der Waals surface area contributed by atoms with Gasteiger partial charge < -0.3 is 14.6 Å². The van der Waals surface area contributed by atoms with Crippen molar-refractivity contribution in [3.05, 3.63) is 32.6 Å². The molecule has 1 aliphatic heterocycles. The summed E-state index contributed by atoms with van der Waals surface area (Å²) in [7, 11) is 0. The molecule has 4 atom stereocenters. The molecule has 2 rings (SSSR count). The quantitative estimate of drug-likeness (QED) is 0.574. The van der Waals surface area contributed by atoms with Crippen LogP contribution in [-0.4, -0.2) is 39.6 Å². The van der Waals surface area contributed by atoms with Crippen LogP contribution in [0.4, 0.5) is 0 Å². The Labute approximate surface area is 160 Å². The number of hydrogen-bond donors (Lipinski definition) is 2. The molecule has 154 valence electrons. The third-order valence-electron chi connectivity index (χ3n) is 5.19. The van der Waals surface area contributed by atoms with E-state index in [1.54, 1.807) is 6.92 Å². The number of unbranched alkanes of at least 4 members (excludes halogenated alkanes) is 6. The minimum atomic E-state index is -0.802. The summed E-state index contributed by atoms with van der Waals surface area (Å²) in [4.78, 5) is 26.1. The van der Waals surface area contributed by atoms with Crippen LogP contribution in [0.5, 0.6) is 0 Å². The average molecular weight is 383 g/mol. The summed E-state index contributed by atoms with van der Waals surface area (Å²) in [6.45, 7) is 6.28. The third-order valence-corrected chi connectivity index (χ3v) is 5.19. The van der Waals surface area contributed by atoms with E-state index in [4.69, 9.17) is 9.47 Å². The molecule has 1 saturated heterocycles. The van der Waals surface area contributed by atoms with E-state index in [-0.39, 0.29) is 0 Å². The van der Waals surface area contributed by atoms with Gasteiger partial charge in [0.1, 0.15) is 12.2 Å². The van der Waals surface area contributed by atoms with Crippen molar-refractivity contribution in [2.45, 2.75) is 96.7 Å². The summed E-state index contributed by atoms with van der Waals surface area (Å²) in [6, 6.07) is 0. The van der Waals surface area contributed by atoms with Gasteiger partial charge in [-0.05, 0) is 19.8 Å². The monoisotopic (exact) mass is 382 g/mol. The lowest BCUT2D eigenvalue weighted by molar-refractivity contribution is -0.0715. The Bertz CT molecular complexity index is 684. The maximum atomic E-state index is 12.2. The Morgan fingerprint density at radius 1 is 1.15 bits per heavy atom. The van der Waals surface area contributed by atoms with Crippen molar-refractivity contribution in [3.8, 4) is 0 Å². The first kappa shape index (κ1) is 21.9. The van der Waals surface area contributed by atoms with Crippen LogP contribution in [0.15, 0.2) is 15.8 Å². The van der Waals surface area contributed by atoms with Crippen molar-refractivity contribution in [3.63, 3.8) is 0 Å². The standard InChI is InChI=1S/C20H34N2O5/c1-4-6-7-8-9-10-11-12-26-17-16(23)15(5-2)27-19(17)22-13-14(3)18(24)21-20(22)25/h13,15-17,19,23H,4-12H2,1-3H3,(H,21,24,25)/t15-,16?,17+,19-/m1/s1. The molecule has 0 bridgehead atoms. The van der Waals surface area contributed by atoms with Crippen LogP contribution >= 0.6 is 0 Å². The van der Waals surface area contributed by atoms with E-state index in [9.17, 15) is 14.7 Å². The van der Waals surface area contributed by atoms with Gasteiger partial charge in [-0.25, -0.2) is 4.79 Å². The summed E-state index contributed by atoms with van der Waals surface area (Å²) in [6.07, 6.45) is 7.77. The lowest BCUT2D eigenvalue weighted by atomic mass is 10.1. The first-order chi connectivity index (χ1) is 13.0. The van der Waals surface area contributed by atoms with Gasteiger partial charge in [-0.1, -0.05) is 52.4 Å². The summed E-state index contributed by atoms with van der Waals surface area (Å²) < 4.78 is 13.2. The largest absolute Gasteiger partial charge is 0.388 e. The number of hydrogen-bond acceptors (Lipinski definition) is 5. The Hall–Kier alpha value is -1.44. The molecule has 2 heterocycles. The first-order valence-electron chi connectivity index (χ1n) is 10.3. The number of rotatable bonds is 11. The van der Waals surface area contributed by atoms with Crippen molar-refractivity contribution >= 4 is 0 Å². The maximum absolute atomic E-state index is 12.2. The number of aliphatic hydroxyl groups is 1. The van der Waals surface area contributed by atoms with Gasteiger partial charge in [0.05, 0.1) is 6.10 Å². The molecule has 0 radical (unpaired) electrons. The number of aromatic amines is 1. The highest BCUT2D eigenvalue weighted by atomic mass is 16.6. The Kier molecular flexibility index (Phi) is 8.73. The molecule has 7 heteroatoms. The topological polar surface area (TPSA) is 93.5 Å². The molecule has 1 aromatic rings. The Balaban J connectivity index is 1.96. The number of aryl methyl sites for hydroxylation is 1. The van der Waals surface area contributed by atoms with Crippen molar-refractivity contribution in [2.24, 2.45) is 0 Å². The molecule has 7 nitrogen and oxygen atoms in total. The normalized spacial score (nSPS) is 25.2. The first-order valence-corrected chi connectivity index (χ1v) is 10.3. The molecule has 0 spiro atoms. The van der Waals surface area contributed by atoms with Gasteiger partial charge in [-0.15, -0.1) is 0 Å². The second-order valence-electron chi connectivity index (χ2n) is 7.40. The van der Waals surface area contributed by atoms with E-state index in [1.165, 1.54) is 42.9 Å². The molecular formula is C20H34N2O5. The van der Waals surface area contributed by atoms with Gasteiger partial charge >= 0.3 is 5.69 Å². The fourth-order valence-electron chi connectivity index (χ4n) is 3.51.